The summed E-state index contributed by atoms with van der Waals surface area (Å²) in [6.45, 7) is 5.12. The van der Waals surface area contributed by atoms with Gasteiger partial charge in [0.25, 0.3) is 0 Å². The van der Waals surface area contributed by atoms with E-state index < -0.39 is 0 Å². The Morgan fingerprint density at radius 3 is 2.65 bits per heavy atom. The first-order chi connectivity index (χ1) is 9.78. The van der Waals surface area contributed by atoms with E-state index in [1.165, 1.54) is 18.4 Å². The van der Waals surface area contributed by atoms with Crippen molar-refractivity contribution in [2.24, 2.45) is 5.92 Å². The Hall–Kier alpha value is -1.06. The predicted molar refractivity (Wildman–Crippen MR) is 82.3 cm³/mol. The normalized spacial score (nSPS) is 16.1. The molecule has 3 heteroatoms. The van der Waals surface area contributed by atoms with E-state index in [-0.39, 0.29) is 0 Å². The quantitative estimate of drug-likeness (QED) is 0.667. The molecule has 0 aromatic heterocycles. The van der Waals surface area contributed by atoms with Gasteiger partial charge in [0.15, 0.2) is 0 Å². The molecule has 20 heavy (non-hydrogen) atoms. The summed E-state index contributed by atoms with van der Waals surface area (Å²) in [6, 6.07) is 8.80. The molecule has 0 heterocycles. The summed E-state index contributed by atoms with van der Waals surface area (Å²) in [5.41, 5.74) is 1.34. The Kier molecular flexibility index (Phi) is 6.34. The summed E-state index contributed by atoms with van der Waals surface area (Å²) >= 11 is 0. The lowest BCUT2D eigenvalue weighted by molar-refractivity contribution is 0.121. The Labute approximate surface area is 122 Å². The zero-order valence-corrected chi connectivity index (χ0v) is 12.7. The van der Waals surface area contributed by atoms with E-state index >= 15 is 0 Å². The summed E-state index contributed by atoms with van der Waals surface area (Å²) in [6.07, 6.45) is 4.89. The third-order valence-corrected chi connectivity index (χ3v) is 3.71. The van der Waals surface area contributed by atoms with Crippen LogP contribution in [0.1, 0.15) is 31.7 Å². The first kappa shape index (κ1) is 15.3. The molecule has 1 N–H and O–H groups in total. The fraction of sp³-hybridized carbons (Fsp3) is 0.647. The predicted octanol–water partition coefficient (Wildman–Crippen LogP) is 3.03. The highest BCUT2D eigenvalue weighted by Crippen LogP contribution is 2.28. The number of benzene rings is 1. The van der Waals surface area contributed by atoms with Crippen LogP contribution in [0.3, 0.4) is 0 Å². The third kappa shape index (κ3) is 5.93. The number of nitrogens with one attached hydrogen (secondary N) is 1. The molecule has 1 atom stereocenters. The van der Waals surface area contributed by atoms with Crippen LogP contribution in [0.4, 0.5) is 0 Å². The SMILES string of the molecule is COc1ccc(CC(C)NCCCOCC2CC2)cc1. The Bertz CT molecular complexity index is 373. The molecule has 1 unspecified atom stereocenters. The molecule has 0 bridgehead atoms. The number of hydrogen-bond acceptors (Lipinski definition) is 3. The summed E-state index contributed by atoms with van der Waals surface area (Å²) in [5.74, 6) is 1.79. The van der Waals surface area contributed by atoms with Crippen molar-refractivity contribution in [3.63, 3.8) is 0 Å². The van der Waals surface area contributed by atoms with E-state index in [1.807, 2.05) is 12.1 Å². The van der Waals surface area contributed by atoms with Gasteiger partial charge >= 0.3 is 0 Å². The Morgan fingerprint density at radius 2 is 2.00 bits per heavy atom. The van der Waals surface area contributed by atoms with E-state index in [0.717, 1.165) is 44.3 Å². The first-order valence-corrected chi connectivity index (χ1v) is 7.72. The molecule has 2 rings (SSSR count). The molecule has 0 spiro atoms. The summed E-state index contributed by atoms with van der Waals surface area (Å²) in [7, 11) is 1.70. The van der Waals surface area contributed by atoms with E-state index in [0.29, 0.717) is 6.04 Å². The lowest BCUT2D eigenvalue weighted by Crippen LogP contribution is -2.29. The highest BCUT2D eigenvalue weighted by atomic mass is 16.5. The van der Waals surface area contributed by atoms with Crippen molar-refractivity contribution in [3.8, 4) is 5.75 Å². The fourth-order valence-corrected chi connectivity index (χ4v) is 2.24. The maximum absolute atomic E-state index is 5.63. The topological polar surface area (TPSA) is 30.5 Å². The van der Waals surface area contributed by atoms with Gasteiger partial charge in [0.05, 0.1) is 7.11 Å². The maximum atomic E-state index is 5.63. The number of methoxy groups -OCH3 is 1. The largest absolute Gasteiger partial charge is 0.497 e. The molecule has 1 fully saturated rings. The molecule has 1 aliphatic rings. The Balaban J connectivity index is 1.53. The van der Waals surface area contributed by atoms with Crippen molar-refractivity contribution in [2.75, 3.05) is 26.9 Å². The summed E-state index contributed by atoms with van der Waals surface area (Å²) in [4.78, 5) is 0. The highest BCUT2D eigenvalue weighted by Gasteiger charge is 2.20. The zero-order chi connectivity index (χ0) is 14.2. The van der Waals surface area contributed by atoms with Gasteiger partial charge in [0, 0.05) is 19.3 Å². The molecule has 1 saturated carbocycles. The van der Waals surface area contributed by atoms with E-state index in [9.17, 15) is 0 Å². The standard InChI is InChI=1S/C17H27NO2/c1-14(12-15-6-8-17(19-2)9-7-15)18-10-3-11-20-13-16-4-5-16/h6-9,14,16,18H,3-5,10-13H2,1-2H3. The number of rotatable bonds is 10. The molecule has 0 amide bonds. The number of hydrogen-bond donors (Lipinski definition) is 1. The summed E-state index contributed by atoms with van der Waals surface area (Å²) in [5, 5.41) is 3.55. The third-order valence-electron chi connectivity index (χ3n) is 3.71. The minimum absolute atomic E-state index is 0.492. The van der Waals surface area contributed by atoms with Crippen LogP contribution in [-0.2, 0) is 11.2 Å². The van der Waals surface area contributed by atoms with Crippen molar-refractivity contribution in [3.05, 3.63) is 29.8 Å². The zero-order valence-electron chi connectivity index (χ0n) is 12.7. The minimum atomic E-state index is 0.492. The molecule has 1 aromatic rings. The maximum Gasteiger partial charge on any atom is 0.118 e. The molecule has 1 aromatic carbocycles. The molecule has 1 aliphatic carbocycles. The van der Waals surface area contributed by atoms with Crippen molar-refractivity contribution >= 4 is 0 Å². The van der Waals surface area contributed by atoms with Gasteiger partial charge in [-0.3, -0.25) is 0 Å². The average molecular weight is 277 g/mol. The first-order valence-electron chi connectivity index (χ1n) is 7.72. The van der Waals surface area contributed by atoms with Crippen LogP contribution in [0, 0.1) is 5.92 Å². The van der Waals surface area contributed by atoms with Gasteiger partial charge in [-0.2, -0.15) is 0 Å². The van der Waals surface area contributed by atoms with Gasteiger partial charge < -0.3 is 14.8 Å². The van der Waals surface area contributed by atoms with Gasteiger partial charge in [0.1, 0.15) is 5.75 Å². The molecule has 112 valence electrons. The van der Waals surface area contributed by atoms with Crippen molar-refractivity contribution in [2.45, 2.75) is 38.6 Å². The van der Waals surface area contributed by atoms with Gasteiger partial charge in [-0.15, -0.1) is 0 Å². The average Bonchev–Trinajstić information content (AvgIpc) is 3.27. The van der Waals surface area contributed by atoms with Crippen molar-refractivity contribution in [1.29, 1.82) is 0 Å². The van der Waals surface area contributed by atoms with Crippen LogP contribution >= 0.6 is 0 Å². The second-order valence-corrected chi connectivity index (χ2v) is 5.78. The second-order valence-electron chi connectivity index (χ2n) is 5.78. The van der Waals surface area contributed by atoms with Crippen molar-refractivity contribution in [1.82, 2.24) is 5.32 Å². The van der Waals surface area contributed by atoms with Crippen molar-refractivity contribution < 1.29 is 9.47 Å². The fourth-order valence-electron chi connectivity index (χ4n) is 2.24. The van der Waals surface area contributed by atoms with Gasteiger partial charge in [-0.1, -0.05) is 12.1 Å². The number of ether oxygens (including phenoxy) is 2. The van der Waals surface area contributed by atoms with Crippen LogP contribution < -0.4 is 10.1 Å². The molecule has 0 radical (unpaired) electrons. The molecule has 0 aliphatic heterocycles. The van der Waals surface area contributed by atoms with Crippen LogP contribution in [0.15, 0.2) is 24.3 Å². The Morgan fingerprint density at radius 1 is 1.25 bits per heavy atom. The van der Waals surface area contributed by atoms with Crippen LogP contribution in [-0.4, -0.2) is 32.9 Å². The highest BCUT2D eigenvalue weighted by molar-refractivity contribution is 5.27. The lowest BCUT2D eigenvalue weighted by atomic mass is 10.1. The van der Waals surface area contributed by atoms with Gasteiger partial charge in [0.2, 0.25) is 0 Å². The molecule has 3 nitrogen and oxygen atoms in total. The van der Waals surface area contributed by atoms with E-state index in [1.54, 1.807) is 7.11 Å². The molecular formula is C17H27NO2. The minimum Gasteiger partial charge on any atom is -0.497 e. The van der Waals surface area contributed by atoms with Crippen LogP contribution in [0.5, 0.6) is 5.75 Å². The smallest absolute Gasteiger partial charge is 0.118 e. The van der Waals surface area contributed by atoms with Gasteiger partial charge in [-0.05, 0) is 62.8 Å². The second kappa shape index (κ2) is 8.28. The lowest BCUT2D eigenvalue weighted by Gasteiger charge is -2.14. The van der Waals surface area contributed by atoms with E-state index in [2.05, 4.69) is 24.4 Å². The van der Waals surface area contributed by atoms with E-state index in [4.69, 9.17) is 9.47 Å². The molecule has 0 saturated heterocycles. The monoisotopic (exact) mass is 277 g/mol. The molecular weight excluding hydrogens is 250 g/mol. The van der Waals surface area contributed by atoms with Crippen LogP contribution in [0.25, 0.3) is 0 Å². The summed E-state index contributed by atoms with van der Waals surface area (Å²) < 4.78 is 10.8. The van der Waals surface area contributed by atoms with Gasteiger partial charge in [-0.25, -0.2) is 0 Å². The van der Waals surface area contributed by atoms with Crippen LogP contribution in [0.2, 0.25) is 0 Å².